The lowest BCUT2D eigenvalue weighted by atomic mass is 10.2. The quantitative estimate of drug-likeness (QED) is 0.609. The number of carbonyl (C=O) groups is 2. The SMILES string of the molecule is O=C(CNC(=O)c1ccccc1)Nc1nc(CSc2ccccc2)cs1. The van der Waals surface area contributed by atoms with Crippen LogP contribution in [0.2, 0.25) is 0 Å². The van der Waals surface area contributed by atoms with Crippen molar-refractivity contribution in [2.75, 3.05) is 11.9 Å². The summed E-state index contributed by atoms with van der Waals surface area (Å²) in [7, 11) is 0. The summed E-state index contributed by atoms with van der Waals surface area (Å²) in [6.07, 6.45) is 0. The number of rotatable bonds is 7. The van der Waals surface area contributed by atoms with Gasteiger partial charge in [-0.1, -0.05) is 36.4 Å². The number of aromatic nitrogens is 1. The first-order valence-corrected chi connectivity index (χ1v) is 9.82. The van der Waals surface area contributed by atoms with Crippen molar-refractivity contribution in [2.24, 2.45) is 0 Å². The molecule has 0 bridgehead atoms. The van der Waals surface area contributed by atoms with Crippen LogP contribution in [-0.2, 0) is 10.5 Å². The molecule has 5 nitrogen and oxygen atoms in total. The third-order valence-electron chi connectivity index (χ3n) is 3.37. The van der Waals surface area contributed by atoms with Gasteiger partial charge in [-0.25, -0.2) is 4.98 Å². The number of amides is 2. The van der Waals surface area contributed by atoms with Crippen LogP contribution in [-0.4, -0.2) is 23.3 Å². The van der Waals surface area contributed by atoms with Crippen molar-refractivity contribution in [3.63, 3.8) is 0 Å². The van der Waals surface area contributed by atoms with Crippen LogP contribution in [0.5, 0.6) is 0 Å². The molecule has 3 rings (SSSR count). The van der Waals surface area contributed by atoms with Crippen molar-refractivity contribution in [3.05, 3.63) is 77.3 Å². The Kier molecular flexibility index (Phi) is 6.40. The average molecular weight is 383 g/mol. The lowest BCUT2D eigenvalue weighted by Gasteiger charge is -2.05. The van der Waals surface area contributed by atoms with Crippen molar-refractivity contribution in [1.29, 1.82) is 0 Å². The maximum atomic E-state index is 12.0. The normalized spacial score (nSPS) is 10.3. The highest BCUT2D eigenvalue weighted by Crippen LogP contribution is 2.24. The van der Waals surface area contributed by atoms with Crippen molar-refractivity contribution >= 4 is 40.0 Å². The maximum absolute atomic E-state index is 12.0. The van der Waals surface area contributed by atoms with E-state index in [0.717, 1.165) is 11.4 Å². The van der Waals surface area contributed by atoms with Crippen LogP contribution in [0.1, 0.15) is 16.1 Å². The van der Waals surface area contributed by atoms with Gasteiger partial charge < -0.3 is 10.6 Å². The smallest absolute Gasteiger partial charge is 0.251 e. The van der Waals surface area contributed by atoms with Gasteiger partial charge in [0.2, 0.25) is 5.91 Å². The summed E-state index contributed by atoms with van der Waals surface area (Å²) in [5.41, 5.74) is 1.43. The number of thiazole rings is 1. The van der Waals surface area contributed by atoms with E-state index in [9.17, 15) is 9.59 Å². The molecule has 0 radical (unpaired) electrons. The summed E-state index contributed by atoms with van der Waals surface area (Å²) >= 11 is 3.07. The van der Waals surface area contributed by atoms with Crippen LogP contribution >= 0.6 is 23.1 Å². The van der Waals surface area contributed by atoms with Crippen molar-refractivity contribution < 1.29 is 9.59 Å². The molecule has 2 N–H and O–H groups in total. The Bertz CT molecular complexity index is 867. The second-order valence-electron chi connectivity index (χ2n) is 5.34. The van der Waals surface area contributed by atoms with Crippen LogP contribution in [0, 0.1) is 0 Å². The number of nitrogens with one attached hydrogen (secondary N) is 2. The lowest BCUT2D eigenvalue weighted by molar-refractivity contribution is -0.115. The Morgan fingerprint density at radius 3 is 2.42 bits per heavy atom. The molecule has 1 aromatic heterocycles. The van der Waals surface area contributed by atoms with Crippen LogP contribution in [0.25, 0.3) is 0 Å². The molecular formula is C19H17N3O2S2. The molecule has 2 aromatic carbocycles. The van der Waals surface area contributed by atoms with E-state index in [4.69, 9.17) is 0 Å². The van der Waals surface area contributed by atoms with Gasteiger partial charge in [0.25, 0.3) is 5.91 Å². The molecule has 0 aliphatic carbocycles. The summed E-state index contributed by atoms with van der Waals surface area (Å²) in [6.45, 7) is -0.0958. The molecule has 0 saturated heterocycles. The van der Waals surface area contributed by atoms with Crippen molar-refractivity contribution in [3.8, 4) is 0 Å². The third-order valence-corrected chi connectivity index (χ3v) is 5.23. The molecule has 1 heterocycles. The second-order valence-corrected chi connectivity index (χ2v) is 7.25. The predicted octanol–water partition coefficient (Wildman–Crippen LogP) is 3.80. The van der Waals surface area contributed by atoms with Gasteiger partial charge in [-0.05, 0) is 24.3 Å². The monoisotopic (exact) mass is 383 g/mol. The predicted molar refractivity (Wildman–Crippen MR) is 106 cm³/mol. The van der Waals surface area contributed by atoms with E-state index in [1.165, 1.54) is 16.2 Å². The van der Waals surface area contributed by atoms with Gasteiger partial charge in [-0.15, -0.1) is 23.1 Å². The van der Waals surface area contributed by atoms with Crippen molar-refractivity contribution in [2.45, 2.75) is 10.6 Å². The first-order chi connectivity index (χ1) is 12.7. The number of hydrogen-bond donors (Lipinski definition) is 2. The van der Waals surface area contributed by atoms with Crippen LogP contribution in [0.4, 0.5) is 5.13 Å². The fraction of sp³-hybridized carbons (Fsp3) is 0.105. The molecule has 0 fully saturated rings. The molecule has 0 atom stereocenters. The maximum Gasteiger partial charge on any atom is 0.251 e. The van der Waals surface area contributed by atoms with E-state index in [1.54, 1.807) is 36.0 Å². The fourth-order valence-corrected chi connectivity index (χ4v) is 3.76. The van der Waals surface area contributed by atoms with Gasteiger partial charge in [0.15, 0.2) is 5.13 Å². The first kappa shape index (κ1) is 18.2. The van der Waals surface area contributed by atoms with Gasteiger partial charge in [0, 0.05) is 21.6 Å². The standard InChI is InChI=1S/C19H17N3O2S2/c23-17(11-20-18(24)14-7-3-1-4-8-14)22-19-21-15(13-26-19)12-25-16-9-5-2-6-10-16/h1-10,13H,11-12H2,(H,20,24)(H,21,22,23). The van der Waals surface area contributed by atoms with E-state index >= 15 is 0 Å². The molecular weight excluding hydrogens is 366 g/mol. The Morgan fingerprint density at radius 1 is 1.00 bits per heavy atom. The van der Waals surface area contributed by atoms with Crippen LogP contribution in [0.15, 0.2) is 70.9 Å². The zero-order valence-corrected chi connectivity index (χ0v) is 15.5. The van der Waals surface area contributed by atoms with Gasteiger partial charge in [0.05, 0.1) is 12.2 Å². The molecule has 3 aromatic rings. The fourth-order valence-electron chi connectivity index (χ4n) is 2.12. The minimum Gasteiger partial charge on any atom is -0.343 e. The number of thioether (sulfide) groups is 1. The second kappa shape index (κ2) is 9.17. The number of nitrogens with zero attached hydrogens (tertiary/aromatic N) is 1. The van der Waals surface area contributed by atoms with E-state index in [0.29, 0.717) is 10.7 Å². The molecule has 0 unspecified atom stereocenters. The highest BCUT2D eigenvalue weighted by molar-refractivity contribution is 7.98. The number of anilines is 1. The summed E-state index contributed by atoms with van der Waals surface area (Å²) in [5, 5.41) is 7.77. The van der Waals surface area contributed by atoms with E-state index in [-0.39, 0.29) is 18.4 Å². The number of hydrogen-bond acceptors (Lipinski definition) is 5. The Labute approximate surface area is 159 Å². The molecule has 26 heavy (non-hydrogen) atoms. The molecule has 0 aliphatic heterocycles. The van der Waals surface area contributed by atoms with Crippen LogP contribution in [0.3, 0.4) is 0 Å². The van der Waals surface area contributed by atoms with Gasteiger partial charge in [-0.2, -0.15) is 0 Å². The zero-order valence-electron chi connectivity index (χ0n) is 13.8. The minimum absolute atomic E-state index is 0.0958. The first-order valence-electron chi connectivity index (χ1n) is 7.96. The molecule has 0 spiro atoms. The Hall–Kier alpha value is -2.64. The van der Waals surface area contributed by atoms with Crippen molar-refractivity contribution in [1.82, 2.24) is 10.3 Å². The summed E-state index contributed by atoms with van der Waals surface area (Å²) in [4.78, 5) is 29.5. The third kappa shape index (κ3) is 5.44. The van der Waals surface area contributed by atoms with E-state index in [1.807, 2.05) is 29.6 Å². The van der Waals surface area contributed by atoms with Gasteiger partial charge in [-0.3, -0.25) is 9.59 Å². The number of carbonyl (C=O) groups excluding carboxylic acids is 2. The summed E-state index contributed by atoms with van der Waals surface area (Å²) in [6, 6.07) is 18.9. The molecule has 7 heteroatoms. The summed E-state index contributed by atoms with van der Waals surface area (Å²) in [5.74, 6) is 0.159. The van der Waals surface area contributed by atoms with Gasteiger partial charge in [0.1, 0.15) is 0 Å². The minimum atomic E-state index is -0.300. The van der Waals surface area contributed by atoms with E-state index in [2.05, 4.69) is 27.8 Å². The average Bonchev–Trinajstić information content (AvgIpc) is 3.13. The molecule has 0 aliphatic rings. The van der Waals surface area contributed by atoms with Crippen LogP contribution < -0.4 is 10.6 Å². The Balaban J connectivity index is 1.44. The lowest BCUT2D eigenvalue weighted by Crippen LogP contribution is -2.32. The van der Waals surface area contributed by atoms with E-state index < -0.39 is 0 Å². The highest BCUT2D eigenvalue weighted by Gasteiger charge is 2.10. The zero-order chi connectivity index (χ0) is 18.2. The molecule has 132 valence electrons. The highest BCUT2D eigenvalue weighted by atomic mass is 32.2. The topological polar surface area (TPSA) is 71.1 Å². The number of benzene rings is 2. The largest absolute Gasteiger partial charge is 0.343 e. The molecule has 2 amide bonds. The summed E-state index contributed by atoms with van der Waals surface area (Å²) < 4.78 is 0. The molecule has 0 saturated carbocycles. The van der Waals surface area contributed by atoms with Gasteiger partial charge >= 0.3 is 0 Å². The Morgan fingerprint density at radius 2 is 1.69 bits per heavy atom.